The molecule has 2 rings (SSSR count). The fourth-order valence-corrected chi connectivity index (χ4v) is 3.12. The highest BCUT2D eigenvalue weighted by Crippen LogP contribution is 2.32. The van der Waals surface area contributed by atoms with Crippen molar-refractivity contribution in [2.45, 2.75) is 19.9 Å². The van der Waals surface area contributed by atoms with E-state index in [0.717, 1.165) is 30.7 Å². The van der Waals surface area contributed by atoms with Gasteiger partial charge in [0.25, 0.3) is 0 Å². The van der Waals surface area contributed by atoms with E-state index in [2.05, 4.69) is 50.9 Å². The normalized spacial score (nSPS) is 12.5. The molecule has 0 heterocycles. The predicted molar refractivity (Wildman–Crippen MR) is 88.8 cm³/mol. The minimum atomic E-state index is -0.178. The summed E-state index contributed by atoms with van der Waals surface area (Å²) in [6, 6.07) is 9.86. The fraction of sp³-hybridized carbons (Fsp3) is 0.200. The molecule has 2 N–H and O–H groups in total. The second-order valence-corrected chi connectivity index (χ2v) is 6.73. The molecule has 2 aromatic carbocycles. The van der Waals surface area contributed by atoms with Gasteiger partial charge in [-0.25, -0.2) is 0 Å². The SMILES string of the molecule is Cc1cc(C(N)c2cc(Br)c(C)cc2Br)ccc1Cl. The summed E-state index contributed by atoms with van der Waals surface area (Å²) in [4.78, 5) is 0. The van der Waals surface area contributed by atoms with Crippen LogP contribution in [0.15, 0.2) is 39.3 Å². The molecule has 0 saturated carbocycles. The molecule has 0 aliphatic rings. The first-order valence-electron chi connectivity index (χ1n) is 5.87. The minimum absolute atomic E-state index is 0.178. The molecule has 0 amide bonds. The lowest BCUT2D eigenvalue weighted by Gasteiger charge is -2.17. The smallest absolute Gasteiger partial charge is 0.0563 e. The van der Waals surface area contributed by atoms with Crippen LogP contribution in [0.2, 0.25) is 5.02 Å². The summed E-state index contributed by atoms with van der Waals surface area (Å²) in [6.45, 7) is 4.04. The van der Waals surface area contributed by atoms with Gasteiger partial charge >= 0.3 is 0 Å². The van der Waals surface area contributed by atoms with Crippen molar-refractivity contribution in [3.8, 4) is 0 Å². The van der Waals surface area contributed by atoms with Gasteiger partial charge in [-0.3, -0.25) is 0 Å². The highest BCUT2D eigenvalue weighted by molar-refractivity contribution is 9.11. The highest BCUT2D eigenvalue weighted by atomic mass is 79.9. The maximum Gasteiger partial charge on any atom is 0.0563 e. The zero-order valence-electron chi connectivity index (χ0n) is 10.7. The van der Waals surface area contributed by atoms with E-state index in [4.69, 9.17) is 17.3 Å². The molecule has 100 valence electrons. The molecule has 0 aliphatic carbocycles. The van der Waals surface area contributed by atoms with E-state index in [0.29, 0.717) is 0 Å². The first kappa shape index (κ1) is 15.0. The summed E-state index contributed by atoms with van der Waals surface area (Å²) in [7, 11) is 0. The third kappa shape index (κ3) is 3.22. The second-order valence-electron chi connectivity index (χ2n) is 4.61. The Morgan fingerprint density at radius 2 is 1.68 bits per heavy atom. The van der Waals surface area contributed by atoms with E-state index < -0.39 is 0 Å². The largest absolute Gasteiger partial charge is 0.320 e. The molecular weight excluding hydrogens is 389 g/mol. The lowest BCUT2D eigenvalue weighted by molar-refractivity contribution is 0.862. The summed E-state index contributed by atoms with van der Waals surface area (Å²) in [5, 5.41) is 0.764. The van der Waals surface area contributed by atoms with Crippen LogP contribution in [0.4, 0.5) is 0 Å². The number of hydrogen-bond acceptors (Lipinski definition) is 1. The first-order chi connectivity index (χ1) is 8.90. The Labute approximate surface area is 135 Å². The van der Waals surface area contributed by atoms with Crippen molar-refractivity contribution in [3.05, 3.63) is 66.6 Å². The zero-order chi connectivity index (χ0) is 14.2. The van der Waals surface area contributed by atoms with Crippen LogP contribution in [-0.2, 0) is 0 Å². The van der Waals surface area contributed by atoms with Gasteiger partial charge in [0, 0.05) is 14.0 Å². The summed E-state index contributed by atoms with van der Waals surface area (Å²) < 4.78 is 2.08. The van der Waals surface area contributed by atoms with Gasteiger partial charge in [-0.05, 0) is 54.3 Å². The van der Waals surface area contributed by atoms with Crippen molar-refractivity contribution in [2.24, 2.45) is 5.73 Å². The summed E-state index contributed by atoms with van der Waals surface area (Å²) in [5.74, 6) is 0. The summed E-state index contributed by atoms with van der Waals surface area (Å²) in [5.41, 5.74) is 10.7. The number of nitrogens with two attached hydrogens (primary N) is 1. The molecule has 1 unspecified atom stereocenters. The summed E-state index contributed by atoms with van der Waals surface area (Å²) in [6.07, 6.45) is 0. The van der Waals surface area contributed by atoms with Gasteiger partial charge < -0.3 is 5.73 Å². The molecule has 0 bridgehead atoms. The number of hydrogen-bond donors (Lipinski definition) is 1. The van der Waals surface area contributed by atoms with E-state index in [1.165, 1.54) is 5.56 Å². The van der Waals surface area contributed by atoms with Gasteiger partial charge in [-0.2, -0.15) is 0 Å². The van der Waals surface area contributed by atoms with Crippen LogP contribution in [0.3, 0.4) is 0 Å². The Kier molecular flexibility index (Phi) is 4.72. The number of aryl methyl sites for hydroxylation is 2. The molecule has 0 spiro atoms. The second kappa shape index (κ2) is 5.96. The van der Waals surface area contributed by atoms with Gasteiger partial charge in [0.1, 0.15) is 0 Å². The summed E-state index contributed by atoms with van der Waals surface area (Å²) >= 11 is 13.2. The molecule has 0 saturated heterocycles. The molecule has 0 aliphatic heterocycles. The molecule has 19 heavy (non-hydrogen) atoms. The number of halogens is 3. The molecule has 2 aromatic rings. The highest BCUT2D eigenvalue weighted by Gasteiger charge is 2.14. The van der Waals surface area contributed by atoms with Crippen molar-refractivity contribution in [1.29, 1.82) is 0 Å². The van der Waals surface area contributed by atoms with Gasteiger partial charge in [0.15, 0.2) is 0 Å². The Hall–Kier alpha value is -0.350. The first-order valence-corrected chi connectivity index (χ1v) is 7.83. The topological polar surface area (TPSA) is 26.0 Å². The Balaban J connectivity index is 2.46. The molecule has 0 aromatic heterocycles. The van der Waals surface area contributed by atoms with E-state index >= 15 is 0 Å². The van der Waals surface area contributed by atoms with E-state index in [-0.39, 0.29) is 6.04 Å². The zero-order valence-corrected chi connectivity index (χ0v) is 14.6. The van der Waals surface area contributed by atoms with Gasteiger partial charge in [-0.15, -0.1) is 0 Å². The van der Waals surface area contributed by atoms with Crippen LogP contribution >= 0.6 is 43.5 Å². The van der Waals surface area contributed by atoms with Gasteiger partial charge in [-0.1, -0.05) is 55.6 Å². The lowest BCUT2D eigenvalue weighted by Crippen LogP contribution is -2.13. The van der Waals surface area contributed by atoms with Crippen LogP contribution in [0.25, 0.3) is 0 Å². The van der Waals surface area contributed by atoms with E-state index in [9.17, 15) is 0 Å². The molecule has 1 nitrogen and oxygen atoms in total. The van der Waals surface area contributed by atoms with Crippen molar-refractivity contribution in [1.82, 2.24) is 0 Å². The van der Waals surface area contributed by atoms with Crippen LogP contribution < -0.4 is 5.73 Å². The molecule has 0 fully saturated rings. The predicted octanol–water partition coefficient (Wildman–Crippen LogP) is 5.53. The third-order valence-electron chi connectivity index (χ3n) is 3.15. The molecular formula is C15H14Br2ClN. The van der Waals surface area contributed by atoms with Crippen molar-refractivity contribution in [2.75, 3.05) is 0 Å². The minimum Gasteiger partial charge on any atom is -0.320 e. The Bertz CT molecular complexity index is 626. The molecule has 4 heteroatoms. The number of rotatable bonds is 2. The van der Waals surface area contributed by atoms with Crippen LogP contribution in [-0.4, -0.2) is 0 Å². The van der Waals surface area contributed by atoms with Crippen molar-refractivity contribution in [3.63, 3.8) is 0 Å². The van der Waals surface area contributed by atoms with Crippen LogP contribution in [0.5, 0.6) is 0 Å². The fourth-order valence-electron chi connectivity index (χ4n) is 1.94. The quantitative estimate of drug-likeness (QED) is 0.701. The number of benzene rings is 2. The van der Waals surface area contributed by atoms with Crippen molar-refractivity contribution >= 4 is 43.5 Å². The Morgan fingerprint density at radius 3 is 2.32 bits per heavy atom. The average Bonchev–Trinajstić information content (AvgIpc) is 2.36. The van der Waals surface area contributed by atoms with Gasteiger partial charge in [0.05, 0.1) is 6.04 Å². The van der Waals surface area contributed by atoms with Crippen molar-refractivity contribution < 1.29 is 0 Å². The monoisotopic (exact) mass is 401 g/mol. The lowest BCUT2D eigenvalue weighted by atomic mass is 9.97. The van der Waals surface area contributed by atoms with E-state index in [1.54, 1.807) is 0 Å². The standard InChI is InChI=1S/C15H14Br2ClN/c1-8-6-13(17)11(7-12(8)16)15(19)10-3-4-14(18)9(2)5-10/h3-7,15H,19H2,1-2H3. The van der Waals surface area contributed by atoms with Crippen LogP contribution in [0.1, 0.15) is 28.3 Å². The maximum absolute atomic E-state index is 6.36. The van der Waals surface area contributed by atoms with Crippen LogP contribution in [0, 0.1) is 13.8 Å². The van der Waals surface area contributed by atoms with E-state index in [1.807, 2.05) is 25.1 Å². The molecule has 1 atom stereocenters. The molecule has 0 radical (unpaired) electrons. The third-order valence-corrected chi connectivity index (χ3v) is 5.12. The average molecular weight is 404 g/mol. The maximum atomic E-state index is 6.36. The Morgan fingerprint density at radius 1 is 1.00 bits per heavy atom. The van der Waals surface area contributed by atoms with Gasteiger partial charge in [0.2, 0.25) is 0 Å².